The standard InChI is InChI=1S/C13H24N4/c1-5-7-8-9-15-13-10(3)12(14-6-2)16-11(4)17-13/h5-9H2,1-4H3,(H2,14,15,16,17). The van der Waals surface area contributed by atoms with E-state index >= 15 is 0 Å². The third kappa shape index (κ3) is 4.21. The summed E-state index contributed by atoms with van der Waals surface area (Å²) in [5.74, 6) is 2.71. The lowest BCUT2D eigenvalue weighted by molar-refractivity contribution is 0.741. The second-order valence-corrected chi connectivity index (χ2v) is 4.26. The fourth-order valence-electron chi connectivity index (χ4n) is 1.72. The molecule has 0 bridgehead atoms. The van der Waals surface area contributed by atoms with Crippen molar-refractivity contribution in [2.45, 2.75) is 47.0 Å². The zero-order valence-electron chi connectivity index (χ0n) is 11.4. The van der Waals surface area contributed by atoms with Crippen LogP contribution in [-0.4, -0.2) is 23.1 Å². The fraction of sp³-hybridized carbons (Fsp3) is 0.692. The first-order valence-electron chi connectivity index (χ1n) is 6.52. The molecule has 2 N–H and O–H groups in total. The quantitative estimate of drug-likeness (QED) is 0.714. The van der Waals surface area contributed by atoms with E-state index in [2.05, 4.69) is 41.4 Å². The smallest absolute Gasteiger partial charge is 0.134 e. The summed E-state index contributed by atoms with van der Waals surface area (Å²) in [6.07, 6.45) is 3.69. The topological polar surface area (TPSA) is 49.8 Å². The predicted molar refractivity (Wildman–Crippen MR) is 73.7 cm³/mol. The van der Waals surface area contributed by atoms with E-state index in [1.165, 1.54) is 19.3 Å². The van der Waals surface area contributed by atoms with Crippen LogP contribution >= 0.6 is 0 Å². The summed E-state index contributed by atoms with van der Waals surface area (Å²) < 4.78 is 0. The van der Waals surface area contributed by atoms with Gasteiger partial charge in [-0.3, -0.25) is 0 Å². The number of aryl methyl sites for hydroxylation is 1. The van der Waals surface area contributed by atoms with Gasteiger partial charge in [-0.05, 0) is 27.2 Å². The summed E-state index contributed by atoms with van der Waals surface area (Å²) in [6.45, 7) is 10.1. The number of nitrogens with one attached hydrogen (secondary N) is 2. The van der Waals surface area contributed by atoms with E-state index in [1.54, 1.807) is 0 Å². The Balaban J connectivity index is 2.69. The van der Waals surface area contributed by atoms with E-state index in [4.69, 9.17) is 0 Å². The second-order valence-electron chi connectivity index (χ2n) is 4.26. The molecule has 1 rings (SSSR count). The lowest BCUT2D eigenvalue weighted by Gasteiger charge is -2.13. The van der Waals surface area contributed by atoms with Crippen molar-refractivity contribution >= 4 is 11.6 Å². The average molecular weight is 236 g/mol. The first-order chi connectivity index (χ1) is 8.19. The number of hydrogen-bond donors (Lipinski definition) is 2. The molecule has 0 amide bonds. The van der Waals surface area contributed by atoms with Crippen molar-refractivity contribution in [3.05, 3.63) is 11.4 Å². The Morgan fingerprint density at radius 1 is 0.941 bits per heavy atom. The molecular formula is C13H24N4. The zero-order valence-corrected chi connectivity index (χ0v) is 11.4. The molecule has 96 valence electrons. The van der Waals surface area contributed by atoms with Crippen molar-refractivity contribution in [1.29, 1.82) is 0 Å². The fourth-order valence-corrected chi connectivity index (χ4v) is 1.72. The molecule has 17 heavy (non-hydrogen) atoms. The van der Waals surface area contributed by atoms with Crippen molar-refractivity contribution in [2.24, 2.45) is 0 Å². The molecule has 0 unspecified atom stereocenters. The molecule has 0 saturated carbocycles. The van der Waals surface area contributed by atoms with Crippen molar-refractivity contribution in [3.63, 3.8) is 0 Å². The van der Waals surface area contributed by atoms with Crippen LogP contribution in [0.5, 0.6) is 0 Å². The Hall–Kier alpha value is -1.32. The van der Waals surface area contributed by atoms with Crippen LogP contribution in [0.4, 0.5) is 11.6 Å². The summed E-state index contributed by atoms with van der Waals surface area (Å²) >= 11 is 0. The largest absolute Gasteiger partial charge is 0.370 e. The monoisotopic (exact) mass is 236 g/mol. The molecule has 0 atom stereocenters. The Morgan fingerprint density at radius 3 is 2.18 bits per heavy atom. The highest BCUT2D eigenvalue weighted by Gasteiger charge is 2.07. The van der Waals surface area contributed by atoms with Crippen molar-refractivity contribution in [1.82, 2.24) is 9.97 Å². The van der Waals surface area contributed by atoms with E-state index in [9.17, 15) is 0 Å². The first kappa shape index (κ1) is 13.7. The van der Waals surface area contributed by atoms with Gasteiger partial charge in [-0.15, -0.1) is 0 Å². The highest BCUT2D eigenvalue weighted by molar-refractivity contribution is 5.57. The van der Waals surface area contributed by atoms with Crippen LogP contribution in [0.15, 0.2) is 0 Å². The predicted octanol–water partition coefficient (Wildman–Crippen LogP) is 3.13. The SMILES string of the molecule is CCCCCNc1nc(C)nc(NCC)c1C. The number of nitrogens with zero attached hydrogens (tertiary/aromatic N) is 2. The Bertz CT molecular complexity index is 350. The molecule has 1 heterocycles. The van der Waals surface area contributed by atoms with Crippen LogP contribution in [0.3, 0.4) is 0 Å². The van der Waals surface area contributed by atoms with E-state index in [0.29, 0.717) is 0 Å². The highest BCUT2D eigenvalue weighted by atomic mass is 15.1. The minimum absolute atomic E-state index is 0.810. The Kier molecular flexibility index (Phi) is 5.73. The molecule has 0 aliphatic heterocycles. The van der Waals surface area contributed by atoms with Gasteiger partial charge in [-0.1, -0.05) is 19.8 Å². The van der Waals surface area contributed by atoms with Crippen LogP contribution in [0.1, 0.15) is 44.5 Å². The summed E-state index contributed by atoms with van der Waals surface area (Å²) in [7, 11) is 0. The van der Waals surface area contributed by atoms with Gasteiger partial charge in [0.2, 0.25) is 0 Å². The van der Waals surface area contributed by atoms with Gasteiger partial charge < -0.3 is 10.6 Å². The molecule has 0 radical (unpaired) electrons. The van der Waals surface area contributed by atoms with Crippen molar-refractivity contribution in [3.8, 4) is 0 Å². The lowest BCUT2D eigenvalue weighted by Crippen LogP contribution is -2.10. The molecule has 4 nitrogen and oxygen atoms in total. The maximum absolute atomic E-state index is 4.45. The molecule has 0 aliphatic rings. The number of aromatic nitrogens is 2. The Morgan fingerprint density at radius 2 is 1.59 bits per heavy atom. The third-order valence-corrected chi connectivity index (χ3v) is 2.67. The van der Waals surface area contributed by atoms with Gasteiger partial charge >= 0.3 is 0 Å². The third-order valence-electron chi connectivity index (χ3n) is 2.67. The molecule has 0 fully saturated rings. The number of hydrogen-bond acceptors (Lipinski definition) is 4. The lowest BCUT2D eigenvalue weighted by atomic mass is 10.2. The molecule has 0 aliphatic carbocycles. The van der Waals surface area contributed by atoms with E-state index in [0.717, 1.165) is 36.1 Å². The van der Waals surface area contributed by atoms with Crippen LogP contribution < -0.4 is 10.6 Å². The van der Waals surface area contributed by atoms with Gasteiger partial charge in [-0.25, -0.2) is 9.97 Å². The summed E-state index contributed by atoms with van der Waals surface area (Å²) in [4.78, 5) is 8.86. The summed E-state index contributed by atoms with van der Waals surface area (Å²) in [5.41, 5.74) is 1.11. The number of unbranched alkanes of at least 4 members (excludes halogenated alkanes) is 2. The van der Waals surface area contributed by atoms with E-state index in [1.807, 2.05) is 6.92 Å². The van der Waals surface area contributed by atoms with Gasteiger partial charge in [-0.2, -0.15) is 0 Å². The highest BCUT2D eigenvalue weighted by Crippen LogP contribution is 2.19. The summed E-state index contributed by atoms with van der Waals surface area (Å²) in [6, 6.07) is 0. The molecular weight excluding hydrogens is 212 g/mol. The zero-order chi connectivity index (χ0) is 12.7. The van der Waals surface area contributed by atoms with E-state index < -0.39 is 0 Å². The molecule has 1 aromatic heterocycles. The average Bonchev–Trinajstić information content (AvgIpc) is 2.30. The second kappa shape index (κ2) is 7.09. The minimum atomic E-state index is 0.810. The number of rotatable bonds is 7. The maximum atomic E-state index is 4.45. The van der Waals surface area contributed by atoms with Crippen LogP contribution in [0.25, 0.3) is 0 Å². The van der Waals surface area contributed by atoms with Gasteiger partial charge in [0.15, 0.2) is 0 Å². The molecule has 0 aromatic carbocycles. The minimum Gasteiger partial charge on any atom is -0.370 e. The molecule has 0 saturated heterocycles. The molecule has 4 heteroatoms. The van der Waals surface area contributed by atoms with Crippen LogP contribution in [-0.2, 0) is 0 Å². The van der Waals surface area contributed by atoms with Gasteiger partial charge in [0, 0.05) is 18.7 Å². The van der Waals surface area contributed by atoms with Crippen molar-refractivity contribution < 1.29 is 0 Å². The van der Waals surface area contributed by atoms with Crippen LogP contribution in [0, 0.1) is 13.8 Å². The van der Waals surface area contributed by atoms with E-state index in [-0.39, 0.29) is 0 Å². The maximum Gasteiger partial charge on any atom is 0.134 e. The Labute approximate surface area is 104 Å². The molecule has 1 aromatic rings. The van der Waals surface area contributed by atoms with Gasteiger partial charge in [0.1, 0.15) is 17.5 Å². The molecule has 0 spiro atoms. The van der Waals surface area contributed by atoms with Gasteiger partial charge in [0.05, 0.1) is 0 Å². The van der Waals surface area contributed by atoms with Gasteiger partial charge in [0.25, 0.3) is 0 Å². The van der Waals surface area contributed by atoms with Crippen LogP contribution in [0.2, 0.25) is 0 Å². The first-order valence-corrected chi connectivity index (χ1v) is 6.52. The van der Waals surface area contributed by atoms with Crippen molar-refractivity contribution in [2.75, 3.05) is 23.7 Å². The normalized spacial score (nSPS) is 10.4. The summed E-state index contributed by atoms with van der Waals surface area (Å²) in [5, 5.41) is 6.66. The number of anilines is 2.